The Morgan fingerprint density at radius 1 is 0.610 bits per heavy atom. The van der Waals surface area contributed by atoms with Crippen molar-refractivity contribution in [2.24, 2.45) is 0 Å². The van der Waals surface area contributed by atoms with Crippen LogP contribution in [0.4, 0.5) is 10.3 Å². The highest BCUT2D eigenvalue weighted by atomic mass is 35.5. The van der Waals surface area contributed by atoms with E-state index in [-0.39, 0.29) is 5.97 Å². The molecule has 14 rings (SSSR count). The summed E-state index contributed by atoms with van der Waals surface area (Å²) in [6, 6.07) is 24.3. The number of fused-ring (bicyclic) bond motifs is 6. The minimum absolute atomic E-state index is 0.301. The number of thiazole rings is 2. The number of aromatic nitrogens is 4. The molecule has 8 heterocycles. The van der Waals surface area contributed by atoms with Gasteiger partial charge in [0, 0.05) is 83.4 Å². The fourth-order valence-corrected chi connectivity index (χ4v) is 15.8. The average molecular weight is 1150 g/mol. The SMILES string of the molecule is COC(=O)c1ccc2nc(N3C4CCC3CC(NCc3c(-c5c(Cl)cccc5Cl)noc3C3CC3)C4)sc2c1.O=C(O)c1ccc2nc(N3C4CCC3CC(NCc3c(-c5c(Cl)cccc5Cl)noc3C3CC3)C4)sc2c1. The number of carbonyl (C=O) groups is 2. The summed E-state index contributed by atoms with van der Waals surface area (Å²) in [5, 5.41) is 30.2. The van der Waals surface area contributed by atoms with Gasteiger partial charge in [0.1, 0.15) is 22.9 Å². The average Bonchev–Trinajstić information content (AvgIpc) is 4.21. The van der Waals surface area contributed by atoms with Gasteiger partial charge < -0.3 is 39.3 Å². The molecule has 0 spiro atoms. The van der Waals surface area contributed by atoms with Gasteiger partial charge >= 0.3 is 11.9 Å². The van der Waals surface area contributed by atoms with Crippen molar-refractivity contribution < 1.29 is 28.5 Å². The van der Waals surface area contributed by atoms with Crippen LogP contribution in [0.2, 0.25) is 20.1 Å². The molecule has 6 fully saturated rings. The fraction of sp³-hybridized carbons (Fsp3) is 0.404. The smallest absolute Gasteiger partial charge is 0.337 e. The molecule has 20 heteroatoms. The molecule has 4 unspecified atom stereocenters. The standard InChI is InChI=1S/C29H28Cl2N4O3S.C28H26Cl2N4O3S/c1-37-28(36)16-7-10-23-24(11-16)39-29(33-23)35-18-8-9-19(35)13-17(12-18)32-14-20-26(34-38-27(20)15-5-6-15)25-21(30)3-2-4-22(25)31;29-20-2-1-3-21(30)24(20)25-19(26(37-33-25)14-4-5-14)13-31-16-11-17-7-8-18(12-16)34(17)28-32-22-9-6-15(27(35)36)10-23(22)38-28/h2-4,7,10-11,15,17-19,32H,5-6,8-9,12-14H2,1H3;1-3,6,9-10,14,16-18,31H,4-5,7-8,11-13H2,(H,35,36). The predicted molar refractivity (Wildman–Crippen MR) is 304 cm³/mol. The molecule has 3 N–H and O–H groups in total. The number of esters is 1. The number of hydrogen-bond acceptors (Lipinski definition) is 15. The second-order valence-electron chi connectivity index (χ2n) is 21.3. The van der Waals surface area contributed by atoms with Gasteiger partial charge in [-0.15, -0.1) is 0 Å². The van der Waals surface area contributed by atoms with Gasteiger partial charge in [0.2, 0.25) is 0 Å². The van der Waals surface area contributed by atoms with Crippen molar-refractivity contribution in [3.8, 4) is 22.5 Å². The van der Waals surface area contributed by atoms with Gasteiger partial charge in [-0.05, 0) is 138 Å². The van der Waals surface area contributed by atoms with E-state index in [9.17, 15) is 14.7 Å². The predicted octanol–water partition coefficient (Wildman–Crippen LogP) is 14.3. The molecule has 4 atom stereocenters. The monoisotopic (exact) mass is 1150 g/mol. The summed E-state index contributed by atoms with van der Waals surface area (Å²) >= 11 is 29.4. The van der Waals surface area contributed by atoms with Gasteiger partial charge in [-0.1, -0.05) is 91.5 Å². The molecule has 0 radical (unpaired) electrons. The first kappa shape index (κ1) is 51.2. The number of carboxylic acids is 1. The molecule has 14 nitrogen and oxygen atoms in total. The minimum Gasteiger partial charge on any atom is -0.478 e. The Balaban J connectivity index is 0.000000147. The normalized spacial score (nSPS) is 22.7. The largest absolute Gasteiger partial charge is 0.478 e. The Morgan fingerprint density at radius 3 is 1.40 bits per heavy atom. The van der Waals surface area contributed by atoms with Crippen molar-refractivity contribution in [2.45, 2.75) is 138 Å². The Labute approximate surface area is 472 Å². The van der Waals surface area contributed by atoms with Crippen LogP contribution < -0.4 is 20.4 Å². The third-order valence-corrected chi connectivity index (χ3v) is 19.7. The van der Waals surface area contributed by atoms with Crippen LogP contribution in [0.1, 0.15) is 132 Å². The summed E-state index contributed by atoms with van der Waals surface area (Å²) < 4.78 is 18.5. The number of carboxylic acid groups (broad SMARTS) is 1. The Hall–Kier alpha value is -5.30. The summed E-state index contributed by atoms with van der Waals surface area (Å²) in [4.78, 5) is 38.2. The number of anilines is 2. The lowest BCUT2D eigenvalue weighted by Gasteiger charge is -2.39. The maximum absolute atomic E-state index is 12.0. The Morgan fingerprint density at radius 2 is 1.01 bits per heavy atom. The van der Waals surface area contributed by atoms with E-state index < -0.39 is 5.97 Å². The van der Waals surface area contributed by atoms with Crippen molar-refractivity contribution in [1.29, 1.82) is 0 Å². The molecule has 398 valence electrons. The molecule has 0 amide bonds. The summed E-state index contributed by atoms with van der Waals surface area (Å²) in [6.45, 7) is 1.34. The number of aromatic carboxylic acids is 1. The number of benzene rings is 4. The van der Waals surface area contributed by atoms with Crippen LogP contribution in [0, 0.1) is 0 Å². The number of nitrogens with one attached hydrogen (secondary N) is 2. The van der Waals surface area contributed by atoms with E-state index >= 15 is 0 Å². The molecule has 4 aliphatic heterocycles. The van der Waals surface area contributed by atoms with Crippen LogP contribution in [0.3, 0.4) is 0 Å². The third kappa shape index (κ3) is 10.00. The highest BCUT2D eigenvalue weighted by molar-refractivity contribution is 7.22. The highest BCUT2D eigenvalue weighted by Crippen LogP contribution is 2.49. The molecule has 8 aromatic rings. The number of piperidine rings is 2. The number of methoxy groups -OCH3 is 1. The minimum atomic E-state index is -0.911. The van der Waals surface area contributed by atoms with Crippen LogP contribution in [-0.4, -0.2) is 80.7 Å². The number of ether oxygens (including phenoxy) is 1. The van der Waals surface area contributed by atoms with Crippen LogP contribution in [0.25, 0.3) is 42.9 Å². The molecule has 4 aromatic heterocycles. The molecule has 4 aromatic carbocycles. The Kier molecular flexibility index (Phi) is 14.0. The number of rotatable bonds is 14. The van der Waals surface area contributed by atoms with Crippen LogP contribution in [0.5, 0.6) is 0 Å². The van der Waals surface area contributed by atoms with Gasteiger partial charge in [0.25, 0.3) is 0 Å². The van der Waals surface area contributed by atoms with Crippen LogP contribution in [0.15, 0.2) is 81.8 Å². The van der Waals surface area contributed by atoms with Crippen LogP contribution in [-0.2, 0) is 17.8 Å². The molecular weight excluding hydrogens is 1100 g/mol. The number of carbonyl (C=O) groups excluding carboxylic acids is 1. The third-order valence-electron chi connectivity index (χ3n) is 16.4. The van der Waals surface area contributed by atoms with Gasteiger partial charge in [0.05, 0.1) is 58.8 Å². The summed E-state index contributed by atoms with van der Waals surface area (Å²) in [5.41, 5.74) is 7.76. The lowest BCUT2D eigenvalue weighted by Crippen LogP contribution is -2.49. The van der Waals surface area contributed by atoms with Crippen molar-refractivity contribution >= 4 is 112 Å². The van der Waals surface area contributed by atoms with Crippen LogP contribution >= 0.6 is 69.1 Å². The van der Waals surface area contributed by atoms with E-state index in [1.807, 2.05) is 54.6 Å². The first-order valence-electron chi connectivity index (χ1n) is 26.5. The molecule has 2 aliphatic carbocycles. The van der Waals surface area contributed by atoms with Crippen molar-refractivity contribution in [2.75, 3.05) is 16.9 Å². The molecule has 2 saturated carbocycles. The van der Waals surface area contributed by atoms with Crippen molar-refractivity contribution in [1.82, 2.24) is 30.9 Å². The number of nitrogens with zero attached hydrogens (tertiary/aromatic N) is 6. The summed E-state index contributed by atoms with van der Waals surface area (Å²) in [6.07, 6.45) is 13.2. The van der Waals surface area contributed by atoms with Gasteiger partial charge in [-0.25, -0.2) is 19.6 Å². The maximum atomic E-state index is 12.0. The number of hydrogen-bond donors (Lipinski definition) is 3. The zero-order valence-electron chi connectivity index (χ0n) is 41.9. The van der Waals surface area contributed by atoms with Gasteiger partial charge in [-0.3, -0.25) is 0 Å². The zero-order chi connectivity index (χ0) is 52.6. The first-order chi connectivity index (χ1) is 37.5. The molecule has 77 heavy (non-hydrogen) atoms. The Bertz CT molecular complexity index is 3510. The van der Waals surface area contributed by atoms with E-state index in [1.165, 1.54) is 7.11 Å². The van der Waals surface area contributed by atoms with Gasteiger partial charge in [0.15, 0.2) is 10.3 Å². The van der Waals surface area contributed by atoms with E-state index in [2.05, 4.69) is 30.7 Å². The van der Waals surface area contributed by atoms with E-state index in [0.29, 0.717) is 92.4 Å². The van der Waals surface area contributed by atoms with E-state index in [4.69, 9.17) is 70.2 Å². The van der Waals surface area contributed by atoms with E-state index in [1.54, 1.807) is 40.9 Å². The lowest BCUT2D eigenvalue weighted by atomic mass is 9.97. The topological polar surface area (TPSA) is 172 Å². The molecule has 4 saturated heterocycles. The summed E-state index contributed by atoms with van der Waals surface area (Å²) in [7, 11) is 1.41. The number of halogens is 4. The second kappa shape index (κ2) is 21.1. The summed E-state index contributed by atoms with van der Waals surface area (Å²) in [5.74, 6) is 1.55. The first-order valence-corrected chi connectivity index (χ1v) is 29.6. The van der Waals surface area contributed by atoms with Crippen molar-refractivity contribution in [3.63, 3.8) is 0 Å². The fourth-order valence-electron chi connectivity index (χ4n) is 12.4. The lowest BCUT2D eigenvalue weighted by molar-refractivity contribution is 0.0600. The molecular formula is C57H54Cl4N8O6S2. The maximum Gasteiger partial charge on any atom is 0.337 e. The molecule has 4 bridgehead atoms. The second-order valence-corrected chi connectivity index (χ2v) is 25.0. The van der Waals surface area contributed by atoms with E-state index in [0.717, 1.165) is 153 Å². The van der Waals surface area contributed by atoms with Crippen molar-refractivity contribution in [3.05, 3.63) is 127 Å². The quantitative estimate of drug-likeness (QED) is 0.0878. The molecule has 6 aliphatic rings. The highest BCUT2D eigenvalue weighted by Gasteiger charge is 2.44. The zero-order valence-corrected chi connectivity index (χ0v) is 46.6. The van der Waals surface area contributed by atoms with Gasteiger partial charge in [-0.2, -0.15) is 0 Å².